The van der Waals surface area contributed by atoms with Gasteiger partial charge in [0.15, 0.2) is 0 Å². The van der Waals surface area contributed by atoms with Crippen LogP contribution >= 0.6 is 0 Å². The molecule has 1 unspecified atom stereocenters. The Kier molecular flexibility index (Phi) is 4.77. The molecule has 0 aliphatic heterocycles. The fourth-order valence-corrected chi connectivity index (χ4v) is 1.20. The number of aliphatic hydroxyl groups excluding tert-OH is 1. The summed E-state index contributed by atoms with van der Waals surface area (Å²) < 4.78 is 40.1. The molecule has 1 atom stereocenters. The van der Waals surface area contributed by atoms with Gasteiger partial charge in [-0.05, 0) is 17.7 Å². The number of hydrogen-bond donors (Lipinski definition) is 2. The van der Waals surface area contributed by atoms with Crippen LogP contribution < -0.4 is 5.73 Å². The van der Waals surface area contributed by atoms with E-state index in [1.54, 1.807) is 24.3 Å². The largest absolute Gasteiger partial charge is 0.399 e. The van der Waals surface area contributed by atoms with E-state index in [2.05, 4.69) is 0 Å². The Bertz CT molecular complexity index is 338. The van der Waals surface area contributed by atoms with Gasteiger partial charge in [0.1, 0.15) is 6.10 Å². The van der Waals surface area contributed by atoms with E-state index in [1.165, 1.54) is 0 Å². The number of alkyl halides is 3. The Morgan fingerprint density at radius 2 is 1.82 bits per heavy atom. The number of benzene rings is 1. The first kappa shape index (κ1) is 13.8. The van der Waals surface area contributed by atoms with E-state index < -0.39 is 25.3 Å². The van der Waals surface area contributed by atoms with Gasteiger partial charge in [0, 0.05) is 5.69 Å². The Balaban J connectivity index is 2.30. The van der Waals surface area contributed by atoms with Gasteiger partial charge in [0.2, 0.25) is 0 Å². The molecule has 0 aliphatic carbocycles. The lowest BCUT2D eigenvalue weighted by Gasteiger charge is -2.12. The van der Waals surface area contributed by atoms with Crippen molar-refractivity contribution in [2.75, 3.05) is 18.9 Å². The first-order valence-corrected chi connectivity index (χ1v) is 5.06. The molecule has 3 N–H and O–H groups in total. The highest BCUT2D eigenvalue weighted by Crippen LogP contribution is 2.20. The quantitative estimate of drug-likeness (QED) is 0.621. The van der Waals surface area contributed by atoms with Crippen LogP contribution in [0.3, 0.4) is 0 Å². The third kappa shape index (κ3) is 5.55. The van der Waals surface area contributed by atoms with E-state index in [0.29, 0.717) is 11.3 Å². The molecule has 0 fully saturated rings. The molecule has 6 heteroatoms. The normalized spacial score (nSPS) is 13.6. The number of aliphatic hydroxyl groups is 1. The van der Waals surface area contributed by atoms with Crippen LogP contribution in [0.5, 0.6) is 0 Å². The van der Waals surface area contributed by atoms with E-state index >= 15 is 0 Å². The van der Waals surface area contributed by atoms with Crippen molar-refractivity contribution in [3.8, 4) is 0 Å². The van der Waals surface area contributed by atoms with Crippen molar-refractivity contribution in [2.45, 2.75) is 18.7 Å². The number of ether oxygens (including phenoxy) is 1. The zero-order valence-corrected chi connectivity index (χ0v) is 9.07. The number of rotatable bonds is 5. The van der Waals surface area contributed by atoms with Crippen LogP contribution in [0.15, 0.2) is 24.3 Å². The first-order valence-electron chi connectivity index (χ1n) is 5.06. The monoisotopic (exact) mass is 249 g/mol. The molecule has 96 valence electrons. The van der Waals surface area contributed by atoms with Crippen molar-refractivity contribution >= 4 is 5.69 Å². The maximum absolute atomic E-state index is 11.8. The highest BCUT2D eigenvalue weighted by Gasteiger charge is 2.26. The summed E-state index contributed by atoms with van der Waals surface area (Å²) in [4.78, 5) is 0. The molecule has 0 amide bonds. The lowest BCUT2D eigenvalue weighted by Crippen LogP contribution is -2.14. The van der Waals surface area contributed by atoms with Gasteiger partial charge in [-0.2, -0.15) is 13.2 Å². The second-order valence-corrected chi connectivity index (χ2v) is 3.62. The van der Waals surface area contributed by atoms with Crippen molar-refractivity contribution < 1.29 is 23.0 Å². The van der Waals surface area contributed by atoms with Crippen molar-refractivity contribution in [3.05, 3.63) is 29.8 Å². The highest BCUT2D eigenvalue weighted by atomic mass is 19.4. The first-order chi connectivity index (χ1) is 7.88. The summed E-state index contributed by atoms with van der Waals surface area (Å²) in [6.45, 7) is -0.616. The van der Waals surface area contributed by atoms with Crippen molar-refractivity contribution in [1.82, 2.24) is 0 Å². The summed E-state index contributed by atoms with van der Waals surface area (Å²) in [6, 6.07) is 6.42. The zero-order chi connectivity index (χ0) is 12.9. The number of nitrogens with two attached hydrogens (primary N) is 1. The lowest BCUT2D eigenvalue weighted by atomic mass is 10.1. The molecule has 17 heavy (non-hydrogen) atoms. The molecule has 1 rings (SSSR count). The van der Waals surface area contributed by atoms with E-state index in [1.807, 2.05) is 0 Å². The average Bonchev–Trinajstić information content (AvgIpc) is 2.24. The fourth-order valence-electron chi connectivity index (χ4n) is 1.20. The molecule has 0 heterocycles. The summed E-state index contributed by atoms with van der Waals surface area (Å²) in [5.41, 5.74) is 6.57. The molecule has 0 bridgehead atoms. The average molecular weight is 249 g/mol. The predicted molar refractivity (Wildman–Crippen MR) is 57.3 cm³/mol. The zero-order valence-electron chi connectivity index (χ0n) is 9.07. The molecular formula is C11H14F3NO2. The maximum atomic E-state index is 11.8. The SMILES string of the molecule is Nc1ccc(C(O)COCCC(F)(F)F)cc1. The fraction of sp³-hybridized carbons (Fsp3) is 0.455. The number of anilines is 1. The predicted octanol–water partition coefficient (Wildman–Crippen LogP) is 2.27. The summed E-state index contributed by atoms with van der Waals surface area (Å²) in [5, 5.41) is 9.59. The molecule has 0 radical (unpaired) electrons. The van der Waals surface area contributed by atoms with Crippen LogP contribution in [-0.2, 0) is 4.74 Å². The molecular weight excluding hydrogens is 235 g/mol. The molecule has 1 aromatic rings. The van der Waals surface area contributed by atoms with Gasteiger partial charge in [-0.25, -0.2) is 0 Å². The molecule has 0 saturated carbocycles. The second kappa shape index (κ2) is 5.88. The molecule has 0 aliphatic rings. The number of nitrogen functional groups attached to an aromatic ring is 1. The van der Waals surface area contributed by atoms with Gasteiger partial charge in [0.25, 0.3) is 0 Å². The second-order valence-electron chi connectivity index (χ2n) is 3.62. The third-order valence-corrected chi connectivity index (χ3v) is 2.13. The molecule has 3 nitrogen and oxygen atoms in total. The topological polar surface area (TPSA) is 55.5 Å². The number of halogens is 3. The van der Waals surface area contributed by atoms with Crippen LogP contribution in [0.2, 0.25) is 0 Å². The van der Waals surface area contributed by atoms with E-state index in [-0.39, 0.29) is 6.61 Å². The summed E-state index contributed by atoms with van der Waals surface area (Å²) in [7, 11) is 0. The smallest absolute Gasteiger partial charge is 0.391 e. The van der Waals surface area contributed by atoms with Crippen molar-refractivity contribution in [3.63, 3.8) is 0 Å². The molecule has 0 saturated heterocycles. The van der Waals surface area contributed by atoms with Gasteiger partial charge in [-0.1, -0.05) is 12.1 Å². The highest BCUT2D eigenvalue weighted by molar-refractivity contribution is 5.39. The minimum atomic E-state index is -4.23. The van der Waals surface area contributed by atoms with Gasteiger partial charge < -0.3 is 15.6 Å². The van der Waals surface area contributed by atoms with Gasteiger partial charge in [0.05, 0.1) is 19.6 Å². The van der Waals surface area contributed by atoms with Gasteiger partial charge in [-0.3, -0.25) is 0 Å². The molecule has 0 spiro atoms. The molecule has 0 aromatic heterocycles. The standard InChI is InChI=1S/C11H14F3NO2/c12-11(13,14)5-6-17-7-10(16)8-1-3-9(15)4-2-8/h1-4,10,16H,5-7,15H2. The minimum absolute atomic E-state index is 0.167. The van der Waals surface area contributed by atoms with Gasteiger partial charge >= 0.3 is 6.18 Å². The lowest BCUT2D eigenvalue weighted by molar-refractivity contribution is -0.147. The Labute approximate surface area is 97.0 Å². The van der Waals surface area contributed by atoms with Crippen LogP contribution in [0, 0.1) is 0 Å². The summed E-state index contributed by atoms with van der Waals surface area (Å²) in [6.07, 6.45) is -6.18. The number of hydrogen-bond acceptors (Lipinski definition) is 3. The minimum Gasteiger partial charge on any atom is -0.399 e. The van der Waals surface area contributed by atoms with E-state index in [9.17, 15) is 18.3 Å². The maximum Gasteiger partial charge on any atom is 0.391 e. The Hall–Kier alpha value is -1.27. The third-order valence-electron chi connectivity index (χ3n) is 2.13. The Morgan fingerprint density at radius 1 is 1.24 bits per heavy atom. The van der Waals surface area contributed by atoms with Gasteiger partial charge in [-0.15, -0.1) is 0 Å². The van der Waals surface area contributed by atoms with E-state index in [4.69, 9.17) is 10.5 Å². The van der Waals surface area contributed by atoms with Crippen LogP contribution in [-0.4, -0.2) is 24.5 Å². The van der Waals surface area contributed by atoms with Crippen LogP contribution in [0.4, 0.5) is 18.9 Å². The Morgan fingerprint density at radius 3 is 2.35 bits per heavy atom. The summed E-state index contributed by atoms with van der Waals surface area (Å²) in [5.74, 6) is 0. The van der Waals surface area contributed by atoms with Crippen molar-refractivity contribution in [2.24, 2.45) is 0 Å². The van der Waals surface area contributed by atoms with Crippen LogP contribution in [0.25, 0.3) is 0 Å². The molecule has 1 aromatic carbocycles. The summed E-state index contributed by atoms with van der Waals surface area (Å²) >= 11 is 0. The van der Waals surface area contributed by atoms with Crippen LogP contribution in [0.1, 0.15) is 18.1 Å². The van der Waals surface area contributed by atoms with E-state index in [0.717, 1.165) is 0 Å². The van der Waals surface area contributed by atoms with Crippen molar-refractivity contribution in [1.29, 1.82) is 0 Å².